The second-order valence-electron chi connectivity index (χ2n) is 23.5. The number of esters is 2. The van der Waals surface area contributed by atoms with Gasteiger partial charge in [-0.15, -0.1) is 0 Å². The van der Waals surface area contributed by atoms with E-state index in [0.717, 1.165) is 51.6 Å². The molecule has 15 nitrogen and oxygen atoms in total. The topological polar surface area (TPSA) is 192 Å². The summed E-state index contributed by atoms with van der Waals surface area (Å²) in [5, 5.41) is 12.2. The molecule has 15 heteroatoms. The first-order valence-electron chi connectivity index (χ1n) is 26.6. The molecule has 2 aliphatic heterocycles. The molecule has 71 heavy (non-hydrogen) atoms. The van der Waals surface area contributed by atoms with E-state index < -0.39 is 23.5 Å². The number of aliphatic carboxylic acids is 1. The molecule has 2 fully saturated rings. The molecule has 8 atom stereocenters. The maximum atomic E-state index is 13.8. The van der Waals surface area contributed by atoms with Crippen molar-refractivity contribution in [3.05, 3.63) is 23.3 Å². The molecule has 0 spiro atoms. The maximum Gasteiger partial charge on any atom is 0.333 e. The number of nitrogens with one attached hydrogen (secondary N) is 1. The third kappa shape index (κ3) is 21.7. The highest BCUT2D eigenvalue weighted by Gasteiger charge is 2.41. The highest BCUT2D eigenvalue weighted by atomic mass is 16.5. The van der Waals surface area contributed by atoms with Crippen LogP contribution in [0.5, 0.6) is 0 Å². The number of carboxylic acid groups (broad SMARTS) is 1. The van der Waals surface area contributed by atoms with Crippen LogP contribution in [0.25, 0.3) is 0 Å². The highest BCUT2D eigenvalue weighted by molar-refractivity contribution is 5.91. The normalized spacial score (nSPS) is 20.0. The van der Waals surface area contributed by atoms with Gasteiger partial charge in [-0.05, 0) is 115 Å². The van der Waals surface area contributed by atoms with Crippen molar-refractivity contribution in [1.82, 2.24) is 24.9 Å². The lowest BCUT2D eigenvalue weighted by atomic mass is 9.84. The van der Waals surface area contributed by atoms with E-state index >= 15 is 0 Å². The Hall–Kier alpha value is -3.82. The predicted molar refractivity (Wildman–Crippen MR) is 287 cm³/mol. The Labute approximate surface area is 431 Å². The second kappa shape index (κ2) is 31.0. The van der Waals surface area contributed by atoms with Crippen LogP contribution in [0.1, 0.15) is 177 Å². The molecule has 0 aromatic rings. The van der Waals surface area contributed by atoms with Crippen molar-refractivity contribution >= 4 is 35.6 Å². The van der Waals surface area contributed by atoms with Gasteiger partial charge in [0.1, 0.15) is 12.1 Å². The molecule has 412 valence electrons. The number of rotatable bonds is 19. The quantitative estimate of drug-likeness (QED) is 0.0825. The molecule has 0 aliphatic carbocycles. The van der Waals surface area contributed by atoms with Crippen LogP contribution in [0.15, 0.2) is 23.3 Å². The number of nitrogens with two attached hydrogens (primary N) is 1. The molecule has 2 heterocycles. The first-order valence-corrected chi connectivity index (χ1v) is 26.6. The molecule has 0 saturated carbocycles. The number of carboxylic acids is 1. The zero-order chi connectivity index (χ0) is 55.5. The Kier molecular flexibility index (Phi) is 29.4. The summed E-state index contributed by atoms with van der Waals surface area (Å²) in [7, 11) is 3.48. The van der Waals surface area contributed by atoms with E-state index in [1.807, 2.05) is 69.2 Å². The van der Waals surface area contributed by atoms with Crippen LogP contribution in [-0.2, 0) is 38.2 Å². The number of amides is 3. The molecule has 0 bridgehead atoms. The summed E-state index contributed by atoms with van der Waals surface area (Å²) in [5.41, 5.74) is 6.25. The Balaban J connectivity index is 0.00000115. The summed E-state index contributed by atoms with van der Waals surface area (Å²) in [6, 6.07) is -1.59. The Morgan fingerprint density at radius 2 is 0.986 bits per heavy atom. The minimum Gasteiger partial charge on any atom is -0.480 e. The fourth-order valence-electron chi connectivity index (χ4n) is 8.81. The molecule has 6 unspecified atom stereocenters. The third-order valence-electron chi connectivity index (χ3n) is 14.2. The third-order valence-corrected chi connectivity index (χ3v) is 14.2. The van der Waals surface area contributed by atoms with E-state index in [9.17, 15) is 28.8 Å². The molecule has 0 aromatic heterocycles. The Bertz CT molecular complexity index is 1750. The van der Waals surface area contributed by atoms with Gasteiger partial charge in [0, 0.05) is 37.3 Å². The molecule has 4 N–H and O–H groups in total. The van der Waals surface area contributed by atoms with Crippen LogP contribution in [-0.4, -0.2) is 149 Å². The highest BCUT2D eigenvalue weighted by Crippen LogP contribution is 2.28. The van der Waals surface area contributed by atoms with Crippen molar-refractivity contribution in [2.75, 3.05) is 40.4 Å². The summed E-state index contributed by atoms with van der Waals surface area (Å²) in [6.07, 6.45) is 9.50. The Morgan fingerprint density at radius 3 is 1.31 bits per heavy atom. The van der Waals surface area contributed by atoms with E-state index in [1.54, 1.807) is 63.7 Å². The number of hydrogen-bond acceptors (Lipinski definition) is 11. The predicted octanol–water partition coefficient (Wildman–Crippen LogP) is 8.73. The largest absolute Gasteiger partial charge is 0.480 e. The Morgan fingerprint density at radius 1 is 0.620 bits per heavy atom. The van der Waals surface area contributed by atoms with E-state index in [-0.39, 0.29) is 71.1 Å². The number of likely N-dealkylation sites (N-methyl/N-ethyl adjacent to an activating group) is 2. The van der Waals surface area contributed by atoms with Crippen LogP contribution >= 0.6 is 0 Å². The summed E-state index contributed by atoms with van der Waals surface area (Å²) in [6.45, 7) is 42.2. The fourth-order valence-corrected chi connectivity index (χ4v) is 8.81. The average Bonchev–Trinajstić information content (AvgIpc) is 3.29. The number of piperidine rings is 2. The van der Waals surface area contributed by atoms with Crippen molar-refractivity contribution < 1.29 is 43.3 Å². The minimum atomic E-state index is -0.685. The summed E-state index contributed by atoms with van der Waals surface area (Å²) >= 11 is 0. The van der Waals surface area contributed by atoms with Crippen molar-refractivity contribution in [3.63, 3.8) is 0 Å². The number of nitrogens with zero attached hydrogens (tertiary/aromatic N) is 4. The van der Waals surface area contributed by atoms with Gasteiger partial charge in [-0.25, -0.2) is 9.59 Å². The lowest BCUT2D eigenvalue weighted by molar-refractivity contribution is -0.146. The number of likely N-dealkylation sites (tertiary alicyclic amines) is 2. The first-order chi connectivity index (χ1) is 32.6. The van der Waals surface area contributed by atoms with Crippen LogP contribution in [0, 0.1) is 34.5 Å². The van der Waals surface area contributed by atoms with E-state index in [4.69, 9.17) is 20.3 Å². The fraction of sp³-hybridized carbons (Fsp3) is 0.821. The molecular formula is C56H104N6O9. The maximum absolute atomic E-state index is 13.8. The van der Waals surface area contributed by atoms with Crippen molar-refractivity contribution in [2.45, 2.75) is 225 Å². The van der Waals surface area contributed by atoms with Gasteiger partial charge in [-0.1, -0.05) is 122 Å². The molecule has 2 aliphatic rings. The first kappa shape index (κ1) is 67.2. The number of carbonyl (C=O) groups excluding carboxylic acids is 5. The van der Waals surface area contributed by atoms with E-state index in [2.05, 4.69) is 56.7 Å². The van der Waals surface area contributed by atoms with E-state index in [0.29, 0.717) is 48.3 Å². The lowest BCUT2D eigenvalue weighted by Gasteiger charge is -2.42. The monoisotopic (exact) mass is 1000 g/mol. The van der Waals surface area contributed by atoms with Crippen LogP contribution in [0.3, 0.4) is 0 Å². The second-order valence-corrected chi connectivity index (χ2v) is 23.5. The standard InChI is InChI=1S/C28H51N3O4.C17H32N2O3.C11H21NO2/c1-12-35-27(34)20(6)17-23(19(4)5)30(11)26(33)24(28(8,9)10)29-25(32)22-15-13-14-16-31(22)21(7)18(2)3;1-9-22-16(21)12(4)10-13(11(2)3)19(8)15(20)14(18)17(5,6)7;1-8(2)9(3)12-7-5-4-6-10(12)11(13)14/h17-19,21-24H,12-16H2,1-11H3,(H,29,32);10-11,13-14H,9,18H2,1-8H3;8-10H,4-7H2,1-3H3,(H,13,14)/b20-17+;12-10+;/t21?,22?,23-,24?;13-,14?;/m11./s1. The van der Waals surface area contributed by atoms with Crippen LogP contribution < -0.4 is 11.1 Å². The molecule has 2 rings (SSSR count). The van der Waals surface area contributed by atoms with Gasteiger partial charge < -0.3 is 35.4 Å². The van der Waals surface area contributed by atoms with Crippen LogP contribution in [0.2, 0.25) is 0 Å². The van der Waals surface area contributed by atoms with Gasteiger partial charge >= 0.3 is 17.9 Å². The molecule has 3 amide bonds. The van der Waals surface area contributed by atoms with Crippen LogP contribution in [0.4, 0.5) is 0 Å². The van der Waals surface area contributed by atoms with E-state index in [1.165, 1.54) is 0 Å². The van der Waals surface area contributed by atoms with Gasteiger partial charge in [0.15, 0.2) is 0 Å². The zero-order valence-corrected chi connectivity index (χ0v) is 48.7. The van der Waals surface area contributed by atoms with Crippen molar-refractivity contribution in [3.8, 4) is 0 Å². The average molecular weight is 1010 g/mol. The molecule has 0 radical (unpaired) electrons. The van der Waals surface area contributed by atoms with Crippen molar-refractivity contribution in [2.24, 2.45) is 40.2 Å². The van der Waals surface area contributed by atoms with Crippen molar-refractivity contribution in [1.29, 1.82) is 0 Å². The number of hydrogen-bond donors (Lipinski definition) is 3. The van der Waals surface area contributed by atoms with Gasteiger partial charge in [-0.3, -0.25) is 29.0 Å². The number of ether oxygens (including phenoxy) is 2. The molecule has 2 saturated heterocycles. The SMILES string of the molecule is CC(C)C(C)N1CCCCC1C(=O)O.CCOC(=O)/C(C)=C/[C@H](C(C)C)N(C)C(=O)C(N)C(C)(C)C.CCOC(=O)/C(C)=C/[C@H](C(C)C)N(C)C(=O)C(NC(=O)C1CCCCN1C(C)C(C)C)C(C)(C)C. The smallest absolute Gasteiger partial charge is 0.333 e. The van der Waals surface area contributed by atoms with Gasteiger partial charge in [0.2, 0.25) is 17.7 Å². The summed E-state index contributed by atoms with van der Waals surface area (Å²) < 4.78 is 10.1. The van der Waals surface area contributed by atoms with Gasteiger partial charge in [0.25, 0.3) is 0 Å². The molecular weight excluding hydrogens is 901 g/mol. The van der Waals surface area contributed by atoms with Gasteiger partial charge in [0.05, 0.1) is 37.4 Å². The van der Waals surface area contributed by atoms with Gasteiger partial charge in [-0.2, -0.15) is 0 Å². The minimum absolute atomic E-state index is 0.0711. The zero-order valence-electron chi connectivity index (χ0n) is 48.7. The molecule has 0 aromatic carbocycles. The summed E-state index contributed by atoms with van der Waals surface area (Å²) in [4.78, 5) is 82.7. The lowest BCUT2D eigenvalue weighted by Crippen LogP contribution is -2.61. The summed E-state index contributed by atoms with van der Waals surface area (Å²) in [5.74, 6) is -0.543. The number of carbonyl (C=O) groups is 6.